The van der Waals surface area contributed by atoms with Crippen LogP contribution in [0.25, 0.3) is 11.0 Å². The third-order valence-corrected chi connectivity index (χ3v) is 9.12. The van der Waals surface area contributed by atoms with Gasteiger partial charge >= 0.3 is 0 Å². The Labute approximate surface area is 194 Å². The van der Waals surface area contributed by atoms with Gasteiger partial charge in [-0.05, 0) is 57.7 Å². The molecular weight excluding hydrogens is 448 g/mol. The summed E-state index contributed by atoms with van der Waals surface area (Å²) in [6.07, 6.45) is 5.01. The third-order valence-electron chi connectivity index (χ3n) is 6.13. The van der Waals surface area contributed by atoms with E-state index in [1.54, 1.807) is 16.4 Å². The third kappa shape index (κ3) is 4.98. The highest BCUT2D eigenvalue weighted by molar-refractivity contribution is 8.00. The first kappa shape index (κ1) is 23.5. The summed E-state index contributed by atoms with van der Waals surface area (Å²) in [5.74, 6) is -0.0476. The fourth-order valence-electron chi connectivity index (χ4n) is 4.27. The lowest BCUT2D eigenvalue weighted by Gasteiger charge is -2.25. The normalized spacial score (nSPS) is 21.1. The van der Waals surface area contributed by atoms with E-state index in [4.69, 9.17) is 9.72 Å². The molecule has 2 saturated heterocycles. The van der Waals surface area contributed by atoms with Gasteiger partial charge in [-0.2, -0.15) is 4.31 Å². The highest BCUT2D eigenvalue weighted by atomic mass is 32.2. The summed E-state index contributed by atoms with van der Waals surface area (Å²) >= 11 is 1.39. The Hall–Kier alpha value is -1.62. The molecule has 8 nitrogen and oxygen atoms in total. The monoisotopic (exact) mass is 480 g/mol. The number of sulfonamides is 1. The SMILES string of the molecule is CCn1c(S[C@H](C)C(=O)NC[C@@H]2CCCO2)nc2cc(S(=O)(=O)N3CCCCC3)ccc21. The van der Waals surface area contributed by atoms with Crippen LogP contribution in [0.4, 0.5) is 0 Å². The molecule has 2 atom stereocenters. The minimum absolute atomic E-state index is 0.0476. The van der Waals surface area contributed by atoms with E-state index >= 15 is 0 Å². The fraction of sp³-hybridized carbons (Fsp3) is 0.636. The molecule has 0 aliphatic carbocycles. The number of piperidine rings is 1. The van der Waals surface area contributed by atoms with Crippen molar-refractivity contribution in [3.8, 4) is 0 Å². The Bertz CT molecular complexity index is 1060. The maximum atomic E-state index is 13.1. The van der Waals surface area contributed by atoms with Crippen molar-refractivity contribution in [3.63, 3.8) is 0 Å². The summed E-state index contributed by atoms with van der Waals surface area (Å²) in [5, 5.41) is 3.37. The zero-order chi connectivity index (χ0) is 22.7. The predicted octanol–water partition coefficient (Wildman–Crippen LogP) is 3.01. The molecule has 176 valence electrons. The standard InChI is InChI=1S/C22H32N4O4S2/c1-3-26-20-10-9-18(32(28,29)25-11-5-4-6-12-25)14-19(20)24-22(26)31-16(2)21(27)23-15-17-8-7-13-30-17/h9-10,14,16-17H,3-8,11-13,15H2,1-2H3,(H,23,27)/t16-,17+/m1/s1. The second-order valence-electron chi connectivity index (χ2n) is 8.39. The number of ether oxygens (including phenoxy) is 1. The molecule has 1 aromatic carbocycles. The van der Waals surface area contributed by atoms with E-state index in [-0.39, 0.29) is 22.2 Å². The number of aryl methyl sites for hydroxylation is 1. The Morgan fingerprint density at radius 3 is 2.75 bits per heavy atom. The summed E-state index contributed by atoms with van der Waals surface area (Å²) < 4.78 is 35.3. The molecule has 32 heavy (non-hydrogen) atoms. The van der Waals surface area contributed by atoms with Gasteiger partial charge in [-0.15, -0.1) is 0 Å². The highest BCUT2D eigenvalue weighted by Gasteiger charge is 2.27. The first-order chi connectivity index (χ1) is 15.4. The molecule has 2 fully saturated rings. The highest BCUT2D eigenvalue weighted by Crippen LogP contribution is 2.30. The number of imidazole rings is 1. The van der Waals surface area contributed by atoms with Crippen molar-refractivity contribution in [1.29, 1.82) is 0 Å². The van der Waals surface area contributed by atoms with Crippen LogP contribution in [0.3, 0.4) is 0 Å². The number of fused-ring (bicyclic) bond motifs is 1. The Morgan fingerprint density at radius 1 is 1.28 bits per heavy atom. The van der Waals surface area contributed by atoms with Crippen molar-refractivity contribution in [2.75, 3.05) is 26.2 Å². The molecule has 2 aliphatic rings. The second kappa shape index (κ2) is 10.1. The molecule has 0 bridgehead atoms. The first-order valence-corrected chi connectivity index (χ1v) is 13.8. The smallest absolute Gasteiger partial charge is 0.243 e. The van der Waals surface area contributed by atoms with Crippen molar-refractivity contribution >= 4 is 38.7 Å². The van der Waals surface area contributed by atoms with E-state index < -0.39 is 10.0 Å². The number of hydrogen-bond donors (Lipinski definition) is 1. The van der Waals surface area contributed by atoms with Crippen LogP contribution in [-0.4, -0.2) is 65.8 Å². The van der Waals surface area contributed by atoms with Crippen molar-refractivity contribution in [3.05, 3.63) is 18.2 Å². The molecule has 4 rings (SSSR count). The van der Waals surface area contributed by atoms with E-state index in [1.165, 1.54) is 11.8 Å². The van der Waals surface area contributed by atoms with Gasteiger partial charge in [0, 0.05) is 32.8 Å². The van der Waals surface area contributed by atoms with Gasteiger partial charge < -0.3 is 14.6 Å². The van der Waals surface area contributed by atoms with Crippen LogP contribution >= 0.6 is 11.8 Å². The lowest BCUT2D eigenvalue weighted by molar-refractivity contribution is -0.120. The van der Waals surface area contributed by atoms with Crippen LogP contribution in [0.5, 0.6) is 0 Å². The molecule has 0 unspecified atom stereocenters. The van der Waals surface area contributed by atoms with Crippen molar-refractivity contribution in [1.82, 2.24) is 19.2 Å². The van der Waals surface area contributed by atoms with Crippen molar-refractivity contribution in [2.45, 2.75) is 73.9 Å². The zero-order valence-electron chi connectivity index (χ0n) is 18.7. The molecule has 2 aromatic rings. The quantitative estimate of drug-likeness (QED) is 0.584. The average molecular weight is 481 g/mol. The molecule has 1 amide bonds. The number of aromatic nitrogens is 2. The molecule has 2 aliphatic heterocycles. The van der Waals surface area contributed by atoms with E-state index in [0.717, 1.165) is 49.4 Å². The van der Waals surface area contributed by atoms with Crippen molar-refractivity contribution in [2.24, 2.45) is 0 Å². The molecule has 0 saturated carbocycles. The number of carbonyl (C=O) groups excluding carboxylic acids is 1. The maximum Gasteiger partial charge on any atom is 0.243 e. The number of rotatable bonds is 8. The van der Waals surface area contributed by atoms with Crippen LogP contribution in [0, 0.1) is 0 Å². The van der Waals surface area contributed by atoms with E-state index in [2.05, 4.69) is 5.32 Å². The van der Waals surface area contributed by atoms with Crippen LogP contribution in [0.15, 0.2) is 28.3 Å². The van der Waals surface area contributed by atoms with E-state index in [9.17, 15) is 13.2 Å². The molecule has 0 spiro atoms. The van der Waals surface area contributed by atoms with Gasteiger partial charge in [-0.1, -0.05) is 18.2 Å². The summed E-state index contributed by atoms with van der Waals surface area (Å²) in [4.78, 5) is 17.6. The minimum atomic E-state index is -3.51. The van der Waals surface area contributed by atoms with Gasteiger partial charge in [0.1, 0.15) is 0 Å². The van der Waals surface area contributed by atoms with Gasteiger partial charge in [0.05, 0.1) is 27.3 Å². The Morgan fingerprint density at radius 2 is 2.06 bits per heavy atom. The average Bonchev–Trinajstić information content (AvgIpc) is 3.44. The van der Waals surface area contributed by atoms with Crippen molar-refractivity contribution < 1.29 is 17.9 Å². The predicted molar refractivity (Wildman–Crippen MR) is 125 cm³/mol. The number of nitrogens with one attached hydrogen (secondary N) is 1. The fourth-order valence-corrected chi connectivity index (χ4v) is 6.82. The number of carbonyl (C=O) groups is 1. The number of hydrogen-bond acceptors (Lipinski definition) is 6. The van der Waals surface area contributed by atoms with Gasteiger partial charge in [0.25, 0.3) is 0 Å². The summed E-state index contributed by atoms with van der Waals surface area (Å²) in [6, 6.07) is 5.17. The van der Waals surface area contributed by atoms with Gasteiger partial charge in [-0.3, -0.25) is 4.79 Å². The van der Waals surface area contributed by atoms with Gasteiger partial charge in [0.2, 0.25) is 15.9 Å². The Kier molecular flexibility index (Phi) is 7.44. The summed E-state index contributed by atoms with van der Waals surface area (Å²) in [6.45, 7) is 7.01. The number of thioether (sulfide) groups is 1. The lowest BCUT2D eigenvalue weighted by atomic mass is 10.2. The molecule has 0 radical (unpaired) electrons. The molecule has 1 aromatic heterocycles. The van der Waals surface area contributed by atoms with Crippen LogP contribution < -0.4 is 5.32 Å². The topological polar surface area (TPSA) is 93.5 Å². The van der Waals surface area contributed by atoms with E-state index in [1.807, 2.05) is 24.5 Å². The second-order valence-corrected chi connectivity index (χ2v) is 11.6. The maximum absolute atomic E-state index is 13.1. The largest absolute Gasteiger partial charge is 0.376 e. The first-order valence-electron chi connectivity index (χ1n) is 11.5. The van der Waals surface area contributed by atoms with Gasteiger partial charge in [0.15, 0.2) is 5.16 Å². The van der Waals surface area contributed by atoms with E-state index in [0.29, 0.717) is 31.7 Å². The van der Waals surface area contributed by atoms with Crippen LogP contribution in [0.2, 0.25) is 0 Å². The van der Waals surface area contributed by atoms with Gasteiger partial charge in [-0.25, -0.2) is 13.4 Å². The Balaban J connectivity index is 1.51. The minimum Gasteiger partial charge on any atom is -0.376 e. The number of nitrogens with zero attached hydrogens (tertiary/aromatic N) is 3. The van der Waals surface area contributed by atoms with Crippen LogP contribution in [0.1, 0.15) is 46.0 Å². The molecule has 10 heteroatoms. The molecule has 1 N–H and O–H groups in total. The summed E-state index contributed by atoms with van der Waals surface area (Å²) in [7, 11) is -3.51. The number of amides is 1. The number of benzene rings is 1. The summed E-state index contributed by atoms with van der Waals surface area (Å²) in [5.41, 5.74) is 1.51. The van der Waals surface area contributed by atoms with Crippen LogP contribution in [-0.2, 0) is 26.1 Å². The lowest BCUT2D eigenvalue weighted by Crippen LogP contribution is -2.36. The molecule has 3 heterocycles. The molecular formula is C22H32N4O4S2. The zero-order valence-corrected chi connectivity index (χ0v) is 20.4.